The van der Waals surface area contributed by atoms with Crippen LogP contribution in [0.25, 0.3) is 6.08 Å². The summed E-state index contributed by atoms with van der Waals surface area (Å²) in [6.45, 7) is 3.87. The zero-order valence-corrected chi connectivity index (χ0v) is 12.2. The Morgan fingerprint density at radius 2 is 1.90 bits per heavy atom. The van der Waals surface area contributed by atoms with E-state index in [2.05, 4.69) is 9.82 Å². The van der Waals surface area contributed by atoms with E-state index >= 15 is 0 Å². The molecule has 0 spiro atoms. The molecule has 0 amide bonds. The van der Waals surface area contributed by atoms with Gasteiger partial charge in [0.15, 0.2) is 0 Å². The van der Waals surface area contributed by atoms with Crippen molar-refractivity contribution in [2.45, 2.75) is 19.9 Å². The fourth-order valence-corrected chi connectivity index (χ4v) is 2.58. The molecular weight excluding hydrogens is 274 g/mol. The molecule has 0 atom stereocenters. The maximum atomic E-state index is 12.0. The minimum atomic E-state index is -3.55. The molecule has 6 heteroatoms. The number of benzene rings is 1. The molecule has 0 aliphatic heterocycles. The van der Waals surface area contributed by atoms with E-state index in [4.69, 9.17) is 0 Å². The lowest BCUT2D eigenvalue weighted by Gasteiger charge is -2.11. The molecule has 0 unspecified atom stereocenters. The lowest BCUT2D eigenvalue weighted by atomic mass is 10.2. The lowest BCUT2D eigenvalue weighted by molar-refractivity contribution is 0.539. The highest BCUT2D eigenvalue weighted by atomic mass is 32.2. The summed E-state index contributed by atoms with van der Waals surface area (Å²) in [5.41, 5.74) is 0.829. The molecule has 1 aromatic carbocycles. The highest BCUT2D eigenvalue weighted by molar-refractivity contribution is 7.95. The van der Waals surface area contributed by atoms with Crippen LogP contribution < -0.4 is 4.72 Å². The van der Waals surface area contributed by atoms with Crippen molar-refractivity contribution in [3.05, 3.63) is 53.6 Å². The van der Waals surface area contributed by atoms with Crippen LogP contribution in [-0.2, 0) is 10.0 Å². The number of nitrogens with one attached hydrogen (secondary N) is 1. The Morgan fingerprint density at radius 3 is 2.55 bits per heavy atom. The summed E-state index contributed by atoms with van der Waals surface area (Å²) in [5, 5.41) is 5.24. The van der Waals surface area contributed by atoms with E-state index in [1.807, 2.05) is 44.2 Å². The van der Waals surface area contributed by atoms with Gasteiger partial charge >= 0.3 is 0 Å². The van der Waals surface area contributed by atoms with Gasteiger partial charge in [0.2, 0.25) is 0 Å². The van der Waals surface area contributed by atoms with E-state index in [-0.39, 0.29) is 6.04 Å². The van der Waals surface area contributed by atoms with Gasteiger partial charge in [-0.3, -0.25) is 4.72 Å². The molecule has 0 bridgehead atoms. The van der Waals surface area contributed by atoms with Crippen molar-refractivity contribution in [3.8, 4) is 0 Å². The van der Waals surface area contributed by atoms with Gasteiger partial charge in [-0.25, -0.2) is 13.1 Å². The topological polar surface area (TPSA) is 64.0 Å². The van der Waals surface area contributed by atoms with Crippen LogP contribution in [0.5, 0.6) is 0 Å². The van der Waals surface area contributed by atoms with Crippen LogP contribution in [0, 0.1) is 0 Å². The molecule has 2 aromatic rings. The number of aromatic nitrogens is 2. The molecule has 1 N–H and O–H groups in total. The largest absolute Gasteiger partial charge is 0.264 e. The Kier molecular flexibility index (Phi) is 4.24. The first-order valence-corrected chi connectivity index (χ1v) is 7.82. The molecule has 0 saturated carbocycles. The summed E-state index contributed by atoms with van der Waals surface area (Å²) >= 11 is 0. The van der Waals surface area contributed by atoms with Gasteiger partial charge in [-0.1, -0.05) is 30.3 Å². The fourth-order valence-electron chi connectivity index (χ4n) is 1.72. The van der Waals surface area contributed by atoms with Crippen molar-refractivity contribution in [3.63, 3.8) is 0 Å². The first-order valence-electron chi connectivity index (χ1n) is 6.27. The highest BCUT2D eigenvalue weighted by Gasteiger charge is 2.11. The van der Waals surface area contributed by atoms with E-state index in [1.165, 1.54) is 0 Å². The van der Waals surface area contributed by atoms with Crippen LogP contribution in [0.4, 0.5) is 5.82 Å². The average molecular weight is 291 g/mol. The standard InChI is InChI=1S/C14H17N3O2S/c1-12(2)17-14(8-10-15-17)16-20(18,19)11-9-13-6-4-3-5-7-13/h3-12,16H,1-2H3/b11-9-. The molecule has 106 valence electrons. The van der Waals surface area contributed by atoms with Gasteiger partial charge in [0.1, 0.15) is 5.82 Å². The molecule has 0 saturated heterocycles. The quantitative estimate of drug-likeness (QED) is 0.921. The van der Waals surface area contributed by atoms with Gasteiger partial charge in [0, 0.05) is 12.1 Å². The van der Waals surface area contributed by atoms with Gasteiger partial charge in [-0.2, -0.15) is 5.10 Å². The van der Waals surface area contributed by atoms with Gasteiger partial charge in [0.05, 0.1) is 11.6 Å². The maximum Gasteiger partial charge on any atom is 0.256 e. The predicted molar refractivity (Wildman–Crippen MR) is 80.6 cm³/mol. The number of nitrogens with zero attached hydrogens (tertiary/aromatic N) is 2. The molecule has 5 nitrogen and oxygen atoms in total. The van der Waals surface area contributed by atoms with Crippen molar-refractivity contribution in [2.75, 3.05) is 4.72 Å². The summed E-state index contributed by atoms with van der Waals surface area (Å²) in [7, 11) is -3.55. The van der Waals surface area contributed by atoms with E-state index in [9.17, 15) is 8.42 Å². The predicted octanol–water partition coefficient (Wildman–Crippen LogP) is 2.88. The Labute approximate surface area is 119 Å². The number of sulfonamides is 1. The van der Waals surface area contributed by atoms with Crippen LogP contribution in [0.15, 0.2) is 48.0 Å². The molecule has 1 heterocycles. The molecule has 0 aliphatic carbocycles. The second-order valence-electron chi connectivity index (χ2n) is 4.62. The molecule has 1 aromatic heterocycles. The Balaban J connectivity index is 2.16. The van der Waals surface area contributed by atoms with E-state index in [0.717, 1.165) is 11.0 Å². The van der Waals surface area contributed by atoms with Gasteiger partial charge in [-0.05, 0) is 25.5 Å². The minimum absolute atomic E-state index is 0.0841. The SMILES string of the molecule is CC(C)n1nccc1NS(=O)(=O)/C=C\c1ccccc1. The Hall–Kier alpha value is -2.08. The first-order chi connectivity index (χ1) is 9.48. The van der Waals surface area contributed by atoms with E-state index in [1.54, 1.807) is 23.0 Å². The van der Waals surface area contributed by atoms with Crippen LogP contribution >= 0.6 is 0 Å². The van der Waals surface area contributed by atoms with Crippen LogP contribution in [0.2, 0.25) is 0 Å². The third-order valence-corrected chi connectivity index (χ3v) is 3.63. The second-order valence-corrected chi connectivity index (χ2v) is 6.18. The van der Waals surface area contributed by atoms with Crippen LogP contribution in [-0.4, -0.2) is 18.2 Å². The Morgan fingerprint density at radius 1 is 1.20 bits per heavy atom. The Bertz CT molecular complexity index is 688. The number of rotatable bonds is 5. The summed E-state index contributed by atoms with van der Waals surface area (Å²) in [6.07, 6.45) is 3.12. The van der Waals surface area contributed by atoms with Crippen molar-refractivity contribution in [2.24, 2.45) is 0 Å². The smallest absolute Gasteiger partial charge is 0.256 e. The third-order valence-electron chi connectivity index (χ3n) is 2.65. The van der Waals surface area contributed by atoms with Crippen LogP contribution in [0.3, 0.4) is 0 Å². The fraction of sp³-hybridized carbons (Fsp3) is 0.214. The zero-order valence-electron chi connectivity index (χ0n) is 11.4. The highest BCUT2D eigenvalue weighted by Crippen LogP contribution is 2.15. The van der Waals surface area contributed by atoms with Gasteiger partial charge < -0.3 is 0 Å². The second kappa shape index (κ2) is 5.92. The summed E-state index contributed by atoms with van der Waals surface area (Å²) in [6, 6.07) is 11.0. The number of anilines is 1. The van der Waals surface area contributed by atoms with Crippen molar-refractivity contribution in [1.82, 2.24) is 9.78 Å². The number of hydrogen-bond donors (Lipinski definition) is 1. The maximum absolute atomic E-state index is 12.0. The third kappa shape index (κ3) is 3.71. The normalized spacial score (nSPS) is 12.2. The van der Waals surface area contributed by atoms with Crippen LogP contribution in [0.1, 0.15) is 25.5 Å². The molecule has 2 rings (SSSR count). The van der Waals surface area contributed by atoms with E-state index in [0.29, 0.717) is 5.82 Å². The minimum Gasteiger partial charge on any atom is -0.264 e. The molecule has 0 radical (unpaired) electrons. The number of hydrogen-bond acceptors (Lipinski definition) is 3. The van der Waals surface area contributed by atoms with Crippen molar-refractivity contribution < 1.29 is 8.42 Å². The van der Waals surface area contributed by atoms with Crippen molar-refractivity contribution >= 4 is 21.9 Å². The summed E-state index contributed by atoms with van der Waals surface area (Å²) < 4.78 is 28.1. The lowest BCUT2D eigenvalue weighted by Crippen LogP contribution is -2.14. The molecular formula is C14H17N3O2S. The van der Waals surface area contributed by atoms with E-state index < -0.39 is 10.0 Å². The molecule has 0 fully saturated rings. The molecule has 0 aliphatic rings. The summed E-state index contributed by atoms with van der Waals surface area (Å²) in [5.74, 6) is 0.456. The van der Waals surface area contributed by atoms with Gasteiger partial charge in [-0.15, -0.1) is 0 Å². The first kappa shape index (κ1) is 14.3. The average Bonchev–Trinajstić information content (AvgIpc) is 2.85. The summed E-state index contributed by atoms with van der Waals surface area (Å²) in [4.78, 5) is 0. The molecule has 20 heavy (non-hydrogen) atoms. The van der Waals surface area contributed by atoms with Gasteiger partial charge in [0.25, 0.3) is 10.0 Å². The monoisotopic (exact) mass is 291 g/mol. The van der Waals surface area contributed by atoms with Crippen molar-refractivity contribution in [1.29, 1.82) is 0 Å². The zero-order chi connectivity index (χ0) is 14.6.